The summed E-state index contributed by atoms with van der Waals surface area (Å²) < 4.78 is 10.8. The van der Waals surface area contributed by atoms with Gasteiger partial charge in [-0.3, -0.25) is 9.59 Å². The van der Waals surface area contributed by atoms with Gasteiger partial charge in [-0.25, -0.2) is 19.7 Å². The third kappa shape index (κ3) is 7.84. The molecule has 0 saturated carbocycles. The monoisotopic (exact) mass is 740 g/mol. The molecule has 0 spiro atoms. The van der Waals surface area contributed by atoms with Gasteiger partial charge in [-0.2, -0.15) is 0 Å². The van der Waals surface area contributed by atoms with Crippen LogP contribution >= 0.6 is 0 Å². The highest BCUT2D eigenvalue weighted by Crippen LogP contribution is 2.27. The van der Waals surface area contributed by atoms with Crippen molar-refractivity contribution >= 4 is 55.8 Å². The summed E-state index contributed by atoms with van der Waals surface area (Å²) in [6, 6.07) is 42.1. The predicted molar refractivity (Wildman–Crippen MR) is 218 cm³/mol. The topological polar surface area (TPSA) is 140 Å². The van der Waals surface area contributed by atoms with Gasteiger partial charge in [0.05, 0.1) is 18.9 Å². The van der Waals surface area contributed by atoms with Crippen LogP contribution in [0.25, 0.3) is 44.0 Å². The first-order valence-corrected chi connectivity index (χ1v) is 18.2. The summed E-state index contributed by atoms with van der Waals surface area (Å²) in [5, 5.41) is 9.67. The van der Waals surface area contributed by atoms with Crippen LogP contribution in [0.1, 0.15) is 26.4 Å². The van der Waals surface area contributed by atoms with Gasteiger partial charge < -0.3 is 24.7 Å². The molecule has 0 aliphatic carbocycles. The molecule has 2 amide bonds. The van der Waals surface area contributed by atoms with Gasteiger partial charge in [0.25, 0.3) is 11.8 Å². The van der Waals surface area contributed by atoms with Crippen LogP contribution in [0.5, 0.6) is 0 Å². The number of morpholine rings is 1. The molecule has 1 saturated heterocycles. The van der Waals surface area contributed by atoms with Crippen LogP contribution < -0.4 is 21.2 Å². The van der Waals surface area contributed by atoms with E-state index in [2.05, 4.69) is 42.6 Å². The number of nitrogens with zero attached hydrogens (tertiary/aromatic N) is 4. The Morgan fingerprint density at radius 3 is 2.16 bits per heavy atom. The first kappa shape index (κ1) is 35.8. The van der Waals surface area contributed by atoms with Crippen molar-refractivity contribution in [2.45, 2.75) is 6.54 Å². The fourth-order valence-electron chi connectivity index (χ4n) is 6.65. The third-order valence-corrected chi connectivity index (χ3v) is 9.48. The maximum atomic E-state index is 13.1. The van der Waals surface area contributed by atoms with Crippen LogP contribution in [0.3, 0.4) is 0 Å². The van der Waals surface area contributed by atoms with Gasteiger partial charge in [0.2, 0.25) is 5.89 Å². The average Bonchev–Trinajstić information content (AvgIpc) is 3.26. The Morgan fingerprint density at radius 2 is 1.36 bits per heavy atom. The summed E-state index contributed by atoms with van der Waals surface area (Å²) in [5.74, 6) is -0.323. The summed E-state index contributed by atoms with van der Waals surface area (Å²) in [6.07, 6.45) is 3.10. The molecule has 2 N–H and O–H groups in total. The van der Waals surface area contributed by atoms with E-state index in [0.29, 0.717) is 29.2 Å². The summed E-state index contributed by atoms with van der Waals surface area (Å²) in [6.45, 7) is 3.59. The lowest BCUT2D eigenvalue weighted by Gasteiger charge is -2.28. The Morgan fingerprint density at radius 1 is 0.679 bits per heavy atom. The molecule has 1 aliphatic rings. The van der Waals surface area contributed by atoms with Gasteiger partial charge in [-0.05, 0) is 75.6 Å². The van der Waals surface area contributed by atoms with Gasteiger partial charge in [0.15, 0.2) is 11.2 Å². The molecule has 4 heterocycles. The first-order chi connectivity index (χ1) is 27.5. The number of carbonyl (C=O) groups excluding carboxylic acids is 2. The van der Waals surface area contributed by atoms with Gasteiger partial charge in [-0.1, -0.05) is 84.9 Å². The molecule has 0 radical (unpaired) electrons. The summed E-state index contributed by atoms with van der Waals surface area (Å²) in [5.41, 5.74) is 4.33. The van der Waals surface area contributed by atoms with Crippen molar-refractivity contribution in [2.75, 3.05) is 36.5 Å². The molecule has 9 rings (SSSR count). The molecular weight excluding hydrogens is 705 g/mol. The van der Waals surface area contributed by atoms with E-state index in [-0.39, 0.29) is 23.0 Å². The smallest absolute Gasteiger partial charge is 0.365 e. The number of rotatable bonds is 7. The molecule has 276 valence electrons. The van der Waals surface area contributed by atoms with Crippen molar-refractivity contribution in [3.63, 3.8) is 0 Å². The largest absolute Gasteiger partial charge is 0.402 e. The second kappa shape index (κ2) is 16.4. The quantitative estimate of drug-likeness (QED) is 0.169. The lowest BCUT2D eigenvalue weighted by molar-refractivity contribution is 0.0947. The molecule has 0 atom stereocenters. The fourth-order valence-corrected chi connectivity index (χ4v) is 6.65. The first-order valence-electron chi connectivity index (χ1n) is 18.2. The van der Waals surface area contributed by atoms with Crippen molar-refractivity contribution in [2.24, 2.45) is 0 Å². The molecule has 1 fully saturated rings. The lowest BCUT2D eigenvalue weighted by Crippen LogP contribution is -2.36. The summed E-state index contributed by atoms with van der Waals surface area (Å²) in [4.78, 5) is 53.0. The molecule has 56 heavy (non-hydrogen) atoms. The molecule has 1 aliphatic heterocycles. The zero-order chi connectivity index (χ0) is 38.3. The number of hydrogen-bond donors (Lipinski definition) is 2. The Kier molecular flexibility index (Phi) is 10.5. The van der Waals surface area contributed by atoms with E-state index in [9.17, 15) is 14.4 Å². The van der Waals surface area contributed by atoms with E-state index in [1.807, 2.05) is 91.0 Å². The van der Waals surface area contributed by atoms with Crippen LogP contribution in [0.4, 0.5) is 11.4 Å². The number of amides is 2. The maximum Gasteiger partial charge on any atom is 0.365 e. The Balaban J connectivity index is 0.000000178. The number of fused-ring (bicyclic) bond motifs is 3. The number of benzene rings is 5. The second-order valence-corrected chi connectivity index (χ2v) is 13.0. The highest BCUT2D eigenvalue weighted by atomic mass is 16.5. The van der Waals surface area contributed by atoms with Crippen LogP contribution in [0.15, 0.2) is 155 Å². The van der Waals surface area contributed by atoms with E-state index >= 15 is 0 Å². The molecular formula is C45H36N6O5. The molecule has 8 aromatic rings. The number of aromatic nitrogens is 3. The number of anilines is 2. The van der Waals surface area contributed by atoms with Crippen LogP contribution in [0, 0.1) is 0 Å². The van der Waals surface area contributed by atoms with E-state index in [1.54, 1.807) is 42.7 Å². The minimum atomic E-state index is -0.469. The van der Waals surface area contributed by atoms with Crippen molar-refractivity contribution in [3.8, 4) is 11.5 Å². The molecule has 11 nitrogen and oxygen atoms in total. The van der Waals surface area contributed by atoms with Crippen LogP contribution in [-0.2, 0) is 11.3 Å². The minimum absolute atomic E-state index is 0.172. The van der Waals surface area contributed by atoms with Gasteiger partial charge in [0.1, 0.15) is 5.52 Å². The highest BCUT2D eigenvalue weighted by molar-refractivity contribution is 6.14. The average molecular weight is 741 g/mol. The predicted octanol–water partition coefficient (Wildman–Crippen LogP) is 7.66. The Bertz CT molecular complexity index is 2730. The minimum Gasteiger partial charge on any atom is -0.402 e. The van der Waals surface area contributed by atoms with Crippen molar-refractivity contribution in [1.82, 2.24) is 20.3 Å². The summed E-state index contributed by atoms with van der Waals surface area (Å²) >= 11 is 0. The van der Waals surface area contributed by atoms with Crippen LogP contribution in [0.2, 0.25) is 0 Å². The third-order valence-electron chi connectivity index (χ3n) is 9.48. The zero-order valence-corrected chi connectivity index (χ0v) is 30.2. The molecule has 5 aromatic carbocycles. The van der Waals surface area contributed by atoms with Gasteiger partial charge in [0, 0.05) is 48.8 Å². The zero-order valence-electron chi connectivity index (χ0n) is 30.2. The van der Waals surface area contributed by atoms with E-state index in [4.69, 9.17) is 9.15 Å². The highest BCUT2D eigenvalue weighted by Gasteiger charge is 2.18. The standard InChI is InChI=1S/C28H26N4O3.C17H10N2O2/c33-27(24-8-3-6-21-5-1-2-7-23(21)24)31-25-9-4-14-29-26(25)28(34)30-19-20-10-12-22(13-11-20)32-15-17-35-18-16-32;20-17-15-14(9-4-10-18-15)19-16(21-17)13-8-3-6-11-5-1-2-7-12(11)13/h1-14H,15-19H2,(H,30,34)(H,31,33);1-10H. The fraction of sp³-hybridized carbons (Fsp3) is 0.111. The number of nitrogens with one attached hydrogen (secondary N) is 2. The van der Waals surface area contributed by atoms with Crippen LogP contribution in [-0.4, -0.2) is 53.1 Å². The SMILES string of the molecule is O=C(NCc1ccc(N2CCOCC2)cc1)c1ncccc1NC(=O)c1cccc2ccccc12.O=c1oc(-c2cccc3ccccc23)nc2cccnc12. The lowest BCUT2D eigenvalue weighted by atomic mass is 10.0. The number of hydrogen-bond acceptors (Lipinski definition) is 9. The molecule has 11 heteroatoms. The van der Waals surface area contributed by atoms with Crippen molar-refractivity contribution < 1.29 is 18.7 Å². The van der Waals surface area contributed by atoms with E-state index in [0.717, 1.165) is 64.7 Å². The summed E-state index contributed by atoms with van der Waals surface area (Å²) in [7, 11) is 0. The number of ether oxygens (including phenoxy) is 1. The Hall–Kier alpha value is -7.24. The molecule has 3 aromatic heterocycles. The number of carbonyl (C=O) groups is 2. The van der Waals surface area contributed by atoms with Crippen molar-refractivity contribution in [1.29, 1.82) is 0 Å². The molecule has 0 bridgehead atoms. The van der Waals surface area contributed by atoms with Gasteiger partial charge >= 0.3 is 5.63 Å². The van der Waals surface area contributed by atoms with E-state index < -0.39 is 5.63 Å². The van der Waals surface area contributed by atoms with Crippen molar-refractivity contribution in [3.05, 3.63) is 173 Å². The molecule has 0 unspecified atom stereocenters. The van der Waals surface area contributed by atoms with E-state index in [1.165, 1.54) is 0 Å². The normalized spacial score (nSPS) is 12.5. The number of pyridine rings is 2. The Labute approximate surface area is 321 Å². The van der Waals surface area contributed by atoms with Gasteiger partial charge in [-0.15, -0.1) is 0 Å². The maximum absolute atomic E-state index is 13.1. The second-order valence-electron chi connectivity index (χ2n) is 13.0.